The van der Waals surface area contributed by atoms with E-state index in [2.05, 4.69) is 24.1 Å². The number of fused-ring (bicyclic) bond motifs is 1. The molecule has 0 fully saturated rings. The van der Waals surface area contributed by atoms with Crippen molar-refractivity contribution < 1.29 is 4.79 Å². The third kappa shape index (κ3) is 5.08. The van der Waals surface area contributed by atoms with Crippen molar-refractivity contribution in [2.24, 2.45) is 5.92 Å². The maximum Gasteiger partial charge on any atom is 0.262 e. The summed E-state index contributed by atoms with van der Waals surface area (Å²) < 4.78 is 1.71. The van der Waals surface area contributed by atoms with Gasteiger partial charge in [0.2, 0.25) is 5.91 Å². The van der Waals surface area contributed by atoms with Crippen LogP contribution >= 0.6 is 11.8 Å². The van der Waals surface area contributed by atoms with Crippen molar-refractivity contribution in [3.05, 3.63) is 34.6 Å². The summed E-state index contributed by atoms with van der Waals surface area (Å²) in [5, 5.41) is 3.82. The lowest BCUT2D eigenvalue weighted by molar-refractivity contribution is -0.120. The summed E-state index contributed by atoms with van der Waals surface area (Å²) >= 11 is 1.34. The van der Waals surface area contributed by atoms with E-state index >= 15 is 0 Å². The molecule has 0 aliphatic heterocycles. The van der Waals surface area contributed by atoms with Gasteiger partial charge < -0.3 is 5.32 Å². The fraction of sp³-hybridized carbons (Fsp3) is 0.526. The van der Waals surface area contributed by atoms with Crippen molar-refractivity contribution in [1.29, 1.82) is 0 Å². The van der Waals surface area contributed by atoms with Gasteiger partial charge in [-0.1, -0.05) is 37.7 Å². The van der Waals surface area contributed by atoms with Crippen molar-refractivity contribution in [2.45, 2.75) is 64.0 Å². The lowest BCUT2D eigenvalue weighted by Crippen LogP contribution is -2.36. The van der Waals surface area contributed by atoms with Crippen LogP contribution in [0, 0.1) is 5.92 Å². The molecule has 0 saturated carbocycles. The van der Waals surface area contributed by atoms with Crippen LogP contribution in [-0.4, -0.2) is 26.8 Å². The van der Waals surface area contributed by atoms with Gasteiger partial charge in [-0.2, -0.15) is 0 Å². The minimum Gasteiger partial charge on any atom is -0.353 e. The van der Waals surface area contributed by atoms with Gasteiger partial charge in [0.25, 0.3) is 5.56 Å². The standard InChI is InChI=1S/C19H27N3O2S/c1-12(2)10-11-22-18(24)15-8-6-7-9-16(15)21-19(22)25-14(5)17(23)20-13(3)4/h6-9,12-14H,10-11H2,1-5H3,(H,20,23). The average molecular weight is 362 g/mol. The van der Waals surface area contributed by atoms with Crippen LogP contribution in [0.4, 0.5) is 0 Å². The van der Waals surface area contributed by atoms with E-state index in [0.29, 0.717) is 28.5 Å². The van der Waals surface area contributed by atoms with Gasteiger partial charge in [0, 0.05) is 12.6 Å². The number of thioether (sulfide) groups is 1. The number of carbonyl (C=O) groups excluding carboxylic acids is 1. The largest absolute Gasteiger partial charge is 0.353 e. The van der Waals surface area contributed by atoms with E-state index in [1.54, 1.807) is 10.6 Å². The Morgan fingerprint density at radius 1 is 1.20 bits per heavy atom. The molecule has 2 rings (SSSR count). The number of aromatic nitrogens is 2. The summed E-state index contributed by atoms with van der Waals surface area (Å²) in [6.07, 6.45) is 0.889. The Labute approximate surface area is 153 Å². The Morgan fingerprint density at radius 2 is 1.88 bits per heavy atom. The summed E-state index contributed by atoms with van der Waals surface area (Å²) in [5.41, 5.74) is 0.637. The zero-order valence-electron chi connectivity index (χ0n) is 15.6. The molecule has 1 aromatic heterocycles. The molecule has 5 nitrogen and oxygen atoms in total. The van der Waals surface area contributed by atoms with Gasteiger partial charge in [-0.05, 0) is 45.2 Å². The third-order valence-corrected chi connectivity index (χ3v) is 4.93. The second-order valence-corrected chi connectivity index (χ2v) is 8.28. The normalized spacial score (nSPS) is 12.8. The van der Waals surface area contributed by atoms with Gasteiger partial charge in [0.15, 0.2) is 5.16 Å². The highest BCUT2D eigenvalue weighted by molar-refractivity contribution is 8.00. The lowest BCUT2D eigenvalue weighted by Gasteiger charge is -2.18. The molecular formula is C19H27N3O2S. The highest BCUT2D eigenvalue weighted by Crippen LogP contribution is 2.23. The van der Waals surface area contributed by atoms with Crippen LogP contribution in [0.5, 0.6) is 0 Å². The molecule has 136 valence electrons. The second kappa shape index (κ2) is 8.52. The minimum absolute atomic E-state index is 0.0368. The third-order valence-electron chi connectivity index (χ3n) is 3.84. The van der Waals surface area contributed by atoms with Gasteiger partial charge >= 0.3 is 0 Å². The molecule has 6 heteroatoms. The quantitative estimate of drug-likeness (QED) is 0.606. The van der Waals surface area contributed by atoms with E-state index in [0.717, 1.165) is 6.42 Å². The first kappa shape index (κ1) is 19.5. The maximum atomic E-state index is 12.9. The lowest BCUT2D eigenvalue weighted by atomic mass is 10.1. The number of hydrogen-bond donors (Lipinski definition) is 1. The van der Waals surface area contributed by atoms with E-state index in [9.17, 15) is 9.59 Å². The van der Waals surface area contributed by atoms with E-state index in [-0.39, 0.29) is 22.8 Å². The molecule has 25 heavy (non-hydrogen) atoms. The molecule has 0 aliphatic rings. The summed E-state index contributed by atoms with van der Waals surface area (Å²) in [7, 11) is 0. The Morgan fingerprint density at radius 3 is 2.52 bits per heavy atom. The second-order valence-electron chi connectivity index (χ2n) is 6.97. The van der Waals surface area contributed by atoms with Gasteiger partial charge in [-0.3, -0.25) is 14.2 Å². The van der Waals surface area contributed by atoms with E-state index in [1.807, 2.05) is 39.0 Å². The first-order valence-electron chi connectivity index (χ1n) is 8.76. The number of carbonyl (C=O) groups is 1. The summed E-state index contributed by atoms with van der Waals surface area (Å²) in [6, 6.07) is 7.45. The van der Waals surface area contributed by atoms with Gasteiger partial charge in [0.05, 0.1) is 16.2 Å². The molecule has 1 atom stereocenters. The summed E-state index contributed by atoms with van der Waals surface area (Å²) in [5.74, 6) is 0.440. The number of amides is 1. The molecule has 1 amide bonds. The monoisotopic (exact) mass is 361 g/mol. The summed E-state index contributed by atoms with van der Waals surface area (Å²) in [4.78, 5) is 29.8. The molecule has 1 N–H and O–H groups in total. The van der Waals surface area contributed by atoms with Crippen molar-refractivity contribution in [2.75, 3.05) is 0 Å². The first-order valence-corrected chi connectivity index (χ1v) is 9.64. The van der Waals surface area contributed by atoms with Crippen molar-refractivity contribution in [1.82, 2.24) is 14.9 Å². The Kier molecular flexibility index (Phi) is 6.64. The molecule has 0 spiro atoms. The Hall–Kier alpha value is -1.82. The predicted octanol–water partition coefficient (Wildman–Crippen LogP) is 3.45. The van der Waals surface area contributed by atoms with Crippen LogP contribution in [-0.2, 0) is 11.3 Å². The molecule has 0 saturated heterocycles. The van der Waals surface area contributed by atoms with Crippen molar-refractivity contribution in [3.63, 3.8) is 0 Å². The highest BCUT2D eigenvalue weighted by atomic mass is 32.2. The zero-order chi connectivity index (χ0) is 18.6. The average Bonchev–Trinajstić information content (AvgIpc) is 2.53. The molecule has 2 aromatic rings. The van der Waals surface area contributed by atoms with E-state index in [1.165, 1.54) is 11.8 Å². The van der Waals surface area contributed by atoms with Crippen LogP contribution in [0.15, 0.2) is 34.2 Å². The molecule has 0 aliphatic carbocycles. The van der Waals surface area contributed by atoms with Crippen molar-refractivity contribution >= 4 is 28.6 Å². The molecule has 0 radical (unpaired) electrons. The van der Waals surface area contributed by atoms with Crippen molar-refractivity contribution in [3.8, 4) is 0 Å². The Balaban J connectivity index is 2.40. The van der Waals surface area contributed by atoms with Crippen LogP contribution in [0.2, 0.25) is 0 Å². The first-order chi connectivity index (χ1) is 11.8. The number of benzene rings is 1. The fourth-order valence-corrected chi connectivity index (χ4v) is 3.38. The molecule has 1 unspecified atom stereocenters. The smallest absolute Gasteiger partial charge is 0.262 e. The van der Waals surface area contributed by atoms with Crippen LogP contribution in [0.3, 0.4) is 0 Å². The predicted molar refractivity (Wildman–Crippen MR) is 104 cm³/mol. The van der Waals surface area contributed by atoms with Crippen LogP contribution in [0.25, 0.3) is 10.9 Å². The van der Waals surface area contributed by atoms with Gasteiger partial charge in [-0.25, -0.2) is 4.98 Å². The topological polar surface area (TPSA) is 64.0 Å². The Bertz CT molecular complexity index is 799. The number of nitrogens with one attached hydrogen (secondary N) is 1. The van der Waals surface area contributed by atoms with Gasteiger partial charge in [-0.15, -0.1) is 0 Å². The molecule has 0 bridgehead atoms. The fourth-order valence-electron chi connectivity index (χ4n) is 2.44. The van der Waals surface area contributed by atoms with E-state index in [4.69, 9.17) is 0 Å². The maximum absolute atomic E-state index is 12.9. The highest BCUT2D eigenvalue weighted by Gasteiger charge is 2.19. The number of rotatable bonds is 7. The van der Waals surface area contributed by atoms with Crippen LogP contribution < -0.4 is 10.9 Å². The van der Waals surface area contributed by atoms with Crippen LogP contribution in [0.1, 0.15) is 41.0 Å². The molecule has 1 heterocycles. The minimum atomic E-state index is -0.319. The number of hydrogen-bond acceptors (Lipinski definition) is 4. The molecular weight excluding hydrogens is 334 g/mol. The number of nitrogens with zero attached hydrogens (tertiary/aromatic N) is 2. The number of para-hydroxylation sites is 1. The zero-order valence-corrected chi connectivity index (χ0v) is 16.4. The molecule has 1 aromatic carbocycles. The SMILES string of the molecule is CC(C)CCn1c(SC(C)C(=O)NC(C)C)nc2ccccc2c1=O. The summed E-state index contributed by atoms with van der Waals surface area (Å²) in [6.45, 7) is 10.6. The van der Waals surface area contributed by atoms with Gasteiger partial charge in [0.1, 0.15) is 0 Å². The van der Waals surface area contributed by atoms with E-state index < -0.39 is 0 Å².